The molecule has 2 N–H and O–H groups in total. The van der Waals surface area contributed by atoms with E-state index in [0.717, 1.165) is 18.7 Å². The van der Waals surface area contributed by atoms with Crippen molar-refractivity contribution in [1.29, 1.82) is 0 Å². The van der Waals surface area contributed by atoms with E-state index in [9.17, 15) is 4.39 Å². The number of benzene rings is 1. The summed E-state index contributed by atoms with van der Waals surface area (Å²) in [7, 11) is 0. The van der Waals surface area contributed by atoms with Crippen molar-refractivity contribution >= 4 is 22.9 Å². The van der Waals surface area contributed by atoms with Crippen molar-refractivity contribution in [3.05, 3.63) is 29.6 Å². The highest BCUT2D eigenvalue weighted by atomic mass is 32.1. The van der Waals surface area contributed by atoms with Crippen molar-refractivity contribution in [3.63, 3.8) is 0 Å². The Morgan fingerprint density at radius 2 is 2.12 bits per heavy atom. The van der Waals surface area contributed by atoms with Crippen molar-refractivity contribution in [1.82, 2.24) is 0 Å². The van der Waals surface area contributed by atoms with E-state index < -0.39 is 0 Å². The summed E-state index contributed by atoms with van der Waals surface area (Å²) in [5.41, 5.74) is 7.18. The third-order valence-corrected chi connectivity index (χ3v) is 2.84. The molecule has 0 bridgehead atoms. The maximum Gasteiger partial charge on any atom is 0.124 e. The van der Waals surface area contributed by atoms with Crippen molar-refractivity contribution in [2.75, 3.05) is 11.4 Å². The fourth-order valence-electron chi connectivity index (χ4n) is 1.85. The minimum absolute atomic E-state index is 0.237. The number of hydrogen-bond acceptors (Lipinski definition) is 2. The van der Waals surface area contributed by atoms with Crippen molar-refractivity contribution in [2.45, 2.75) is 33.2 Å². The van der Waals surface area contributed by atoms with Gasteiger partial charge in [0.25, 0.3) is 0 Å². The van der Waals surface area contributed by atoms with Gasteiger partial charge in [-0.2, -0.15) is 0 Å². The molecule has 0 heterocycles. The van der Waals surface area contributed by atoms with Gasteiger partial charge >= 0.3 is 0 Å². The summed E-state index contributed by atoms with van der Waals surface area (Å²) < 4.78 is 13.2. The molecule has 4 heteroatoms. The summed E-state index contributed by atoms with van der Waals surface area (Å²) in [4.78, 5) is 2.43. The van der Waals surface area contributed by atoms with Crippen LogP contribution in [0.5, 0.6) is 0 Å². The molecule has 0 aliphatic rings. The molecule has 1 aromatic carbocycles. The molecule has 17 heavy (non-hydrogen) atoms. The van der Waals surface area contributed by atoms with Crippen LogP contribution < -0.4 is 10.6 Å². The van der Waals surface area contributed by atoms with E-state index in [4.69, 9.17) is 18.0 Å². The molecule has 94 valence electrons. The van der Waals surface area contributed by atoms with Gasteiger partial charge in [0.1, 0.15) is 10.8 Å². The molecule has 0 amide bonds. The topological polar surface area (TPSA) is 29.3 Å². The van der Waals surface area contributed by atoms with E-state index in [1.54, 1.807) is 6.07 Å². The number of thiocarbonyl (C=S) groups is 1. The van der Waals surface area contributed by atoms with Gasteiger partial charge in [0, 0.05) is 23.8 Å². The molecule has 1 aromatic rings. The Labute approximate surface area is 108 Å². The van der Waals surface area contributed by atoms with Crippen molar-refractivity contribution < 1.29 is 4.39 Å². The Hall–Kier alpha value is -1.16. The van der Waals surface area contributed by atoms with Crippen LogP contribution in [0.2, 0.25) is 0 Å². The van der Waals surface area contributed by atoms with Crippen LogP contribution in [0.15, 0.2) is 18.2 Å². The normalized spacial score (nSPS) is 10.6. The Kier molecular flexibility index (Phi) is 4.87. The second kappa shape index (κ2) is 5.96. The smallest absolute Gasteiger partial charge is 0.124 e. The van der Waals surface area contributed by atoms with Crippen LogP contribution in [0.3, 0.4) is 0 Å². The summed E-state index contributed by atoms with van der Waals surface area (Å²) in [6, 6.07) is 4.93. The zero-order chi connectivity index (χ0) is 13.0. The van der Waals surface area contributed by atoms with Crippen LogP contribution in [0.25, 0.3) is 0 Å². The summed E-state index contributed by atoms with van der Waals surface area (Å²) in [5, 5.41) is 0. The van der Waals surface area contributed by atoms with Crippen LogP contribution in [0, 0.1) is 5.82 Å². The van der Waals surface area contributed by atoms with Crippen LogP contribution in [0.4, 0.5) is 10.1 Å². The Morgan fingerprint density at radius 1 is 1.47 bits per heavy atom. The molecule has 0 unspecified atom stereocenters. The first-order valence-electron chi connectivity index (χ1n) is 5.83. The number of hydrogen-bond donors (Lipinski definition) is 1. The number of halogens is 1. The lowest BCUT2D eigenvalue weighted by atomic mass is 10.1. The quantitative estimate of drug-likeness (QED) is 0.819. The van der Waals surface area contributed by atoms with Crippen LogP contribution in [-0.4, -0.2) is 17.6 Å². The second-order valence-electron chi connectivity index (χ2n) is 4.31. The molecule has 2 nitrogen and oxygen atoms in total. The first-order chi connectivity index (χ1) is 7.97. The second-order valence-corrected chi connectivity index (χ2v) is 4.75. The Bertz CT molecular complexity index is 404. The minimum atomic E-state index is -0.309. The van der Waals surface area contributed by atoms with Gasteiger partial charge in [0.15, 0.2) is 0 Å². The fraction of sp³-hybridized carbons (Fsp3) is 0.462. The molecule has 0 spiro atoms. The highest BCUT2D eigenvalue weighted by molar-refractivity contribution is 7.80. The minimum Gasteiger partial charge on any atom is -0.389 e. The number of rotatable bonds is 5. The van der Waals surface area contributed by atoms with Crippen LogP contribution in [0.1, 0.15) is 32.8 Å². The summed E-state index contributed by atoms with van der Waals surface area (Å²) in [6.07, 6.45) is 1.02. The number of nitrogens with zero attached hydrogens (tertiary/aromatic N) is 1. The predicted molar refractivity (Wildman–Crippen MR) is 75.1 cm³/mol. The van der Waals surface area contributed by atoms with Crippen LogP contribution in [-0.2, 0) is 0 Å². The molecule has 0 atom stereocenters. The van der Waals surface area contributed by atoms with E-state index in [1.165, 1.54) is 12.1 Å². The average molecular weight is 254 g/mol. The summed E-state index contributed by atoms with van der Waals surface area (Å²) in [5.74, 6) is -0.309. The van der Waals surface area contributed by atoms with Crippen molar-refractivity contribution in [3.8, 4) is 0 Å². The Balaban J connectivity index is 3.22. The van der Waals surface area contributed by atoms with Gasteiger partial charge in [-0.25, -0.2) is 4.39 Å². The number of anilines is 1. The summed E-state index contributed by atoms with van der Waals surface area (Å²) >= 11 is 4.98. The lowest BCUT2D eigenvalue weighted by Crippen LogP contribution is -2.33. The van der Waals surface area contributed by atoms with E-state index >= 15 is 0 Å². The molecule has 0 radical (unpaired) electrons. The van der Waals surface area contributed by atoms with E-state index in [1.807, 2.05) is 0 Å². The van der Waals surface area contributed by atoms with E-state index in [0.29, 0.717) is 11.6 Å². The number of nitrogens with two attached hydrogens (primary N) is 1. The monoisotopic (exact) mass is 254 g/mol. The third-order valence-electron chi connectivity index (χ3n) is 2.62. The van der Waals surface area contributed by atoms with Crippen molar-refractivity contribution in [2.24, 2.45) is 5.73 Å². The molecular weight excluding hydrogens is 235 g/mol. The first kappa shape index (κ1) is 13.9. The van der Waals surface area contributed by atoms with Gasteiger partial charge in [-0.15, -0.1) is 0 Å². The lowest BCUT2D eigenvalue weighted by molar-refractivity contribution is 0.624. The third kappa shape index (κ3) is 3.40. The first-order valence-corrected chi connectivity index (χ1v) is 6.24. The van der Waals surface area contributed by atoms with Gasteiger partial charge in [0.05, 0.1) is 0 Å². The van der Waals surface area contributed by atoms with Crippen LogP contribution >= 0.6 is 12.2 Å². The summed E-state index contributed by atoms with van der Waals surface area (Å²) in [6.45, 7) is 7.21. The molecular formula is C13H19FN2S. The van der Waals surface area contributed by atoms with Gasteiger partial charge in [-0.05, 0) is 38.5 Å². The SMILES string of the molecule is CCCN(c1ccc(F)cc1C(N)=S)C(C)C. The molecule has 0 saturated carbocycles. The molecule has 0 aromatic heterocycles. The molecule has 0 aliphatic carbocycles. The largest absolute Gasteiger partial charge is 0.389 e. The van der Waals surface area contributed by atoms with E-state index in [2.05, 4.69) is 25.7 Å². The van der Waals surface area contributed by atoms with E-state index in [-0.39, 0.29) is 10.8 Å². The Morgan fingerprint density at radius 3 is 2.59 bits per heavy atom. The standard InChI is InChI=1S/C13H19FN2S/c1-4-7-16(9(2)3)12-6-5-10(14)8-11(12)13(15)17/h5-6,8-9H,4,7H2,1-3H3,(H2,15,17). The van der Waals surface area contributed by atoms with Gasteiger partial charge < -0.3 is 10.6 Å². The average Bonchev–Trinajstić information content (AvgIpc) is 2.26. The van der Waals surface area contributed by atoms with Gasteiger partial charge in [-0.3, -0.25) is 0 Å². The highest BCUT2D eigenvalue weighted by Gasteiger charge is 2.15. The zero-order valence-corrected chi connectivity index (χ0v) is 11.4. The fourth-order valence-corrected chi connectivity index (χ4v) is 2.02. The maximum atomic E-state index is 13.2. The molecule has 0 saturated heterocycles. The van der Waals surface area contributed by atoms with Gasteiger partial charge in [0.2, 0.25) is 0 Å². The lowest BCUT2D eigenvalue weighted by Gasteiger charge is -2.30. The maximum absolute atomic E-state index is 13.2. The molecule has 0 fully saturated rings. The predicted octanol–water partition coefficient (Wildman–Crippen LogP) is 3.08. The molecule has 0 aliphatic heterocycles. The molecule has 1 rings (SSSR count). The van der Waals surface area contributed by atoms with Gasteiger partial charge in [-0.1, -0.05) is 19.1 Å². The highest BCUT2D eigenvalue weighted by Crippen LogP contribution is 2.24. The zero-order valence-electron chi connectivity index (χ0n) is 10.5.